The van der Waals surface area contributed by atoms with Crippen molar-refractivity contribution in [3.63, 3.8) is 0 Å². The van der Waals surface area contributed by atoms with E-state index in [-0.39, 0.29) is 10.1 Å². The SMILES string of the molecule is CC(SC1=NS(=O)(=O)c2cc(Br)ccc2N1)c1ccccc1. The molecule has 1 N–H and O–H groups in total. The van der Waals surface area contributed by atoms with Crippen LogP contribution < -0.4 is 5.32 Å². The van der Waals surface area contributed by atoms with E-state index in [0.717, 1.165) is 5.56 Å². The topological polar surface area (TPSA) is 58.5 Å². The lowest BCUT2D eigenvalue weighted by Crippen LogP contribution is -2.19. The van der Waals surface area contributed by atoms with Crippen molar-refractivity contribution >= 4 is 48.6 Å². The van der Waals surface area contributed by atoms with E-state index in [1.165, 1.54) is 11.8 Å². The van der Waals surface area contributed by atoms with Gasteiger partial charge in [0, 0.05) is 9.72 Å². The van der Waals surface area contributed by atoms with Gasteiger partial charge in [-0.1, -0.05) is 58.0 Å². The summed E-state index contributed by atoms with van der Waals surface area (Å²) in [5.74, 6) is 0. The normalized spacial score (nSPS) is 17.1. The number of benzene rings is 2. The molecule has 1 unspecified atom stereocenters. The highest BCUT2D eigenvalue weighted by molar-refractivity contribution is 9.10. The van der Waals surface area contributed by atoms with Crippen molar-refractivity contribution in [3.05, 3.63) is 58.6 Å². The lowest BCUT2D eigenvalue weighted by molar-refractivity contribution is 0.598. The minimum atomic E-state index is -3.67. The van der Waals surface area contributed by atoms with Gasteiger partial charge in [-0.3, -0.25) is 0 Å². The van der Waals surface area contributed by atoms with Crippen LogP contribution in [0, 0.1) is 0 Å². The molecule has 1 heterocycles. The molecule has 0 aromatic heterocycles. The number of sulfonamides is 1. The molecular formula is C15H13BrN2O2S2. The minimum absolute atomic E-state index is 0.0969. The molecule has 2 aromatic carbocycles. The average molecular weight is 397 g/mol. The van der Waals surface area contributed by atoms with Crippen LogP contribution in [0.1, 0.15) is 17.7 Å². The second kappa shape index (κ2) is 6.06. The summed E-state index contributed by atoms with van der Waals surface area (Å²) in [4.78, 5) is 0.193. The van der Waals surface area contributed by atoms with Gasteiger partial charge in [0.05, 0.1) is 5.69 Å². The third-order valence-electron chi connectivity index (χ3n) is 3.22. The highest BCUT2D eigenvalue weighted by Gasteiger charge is 2.26. The molecule has 0 aliphatic carbocycles. The number of rotatable bonds is 2. The van der Waals surface area contributed by atoms with Crippen molar-refractivity contribution in [1.82, 2.24) is 0 Å². The van der Waals surface area contributed by atoms with E-state index < -0.39 is 10.0 Å². The first kappa shape index (κ1) is 15.6. The summed E-state index contributed by atoms with van der Waals surface area (Å²) in [6.45, 7) is 2.02. The zero-order valence-electron chi connectivity index (χ0n) is 11.7. The van der Waals surface area contributed by atoms with Crippen LogP contribution >= 0.6 is 27.7 Å². The van der Waals surface area contributed by atoms with E-state index in [1.54, 1.807) is 18.2 Å². The van der Waals surface area contributed by atoms with Crippen molar-refractivity contribution in [2.45, 2.75) is 17.1 Å². The van der Waals surface area contributed by atoms with Crippen LogP contribution in [0.4, 0.5) is 5.69 Å². The van der Waals surface area contributed by atoms with E-state index in [4.69, 9.17) is 0 Å². The lowest BCUT2D eigenvalue weighted by Gasteiger charge is -2.20. The number of nitrogens with zero attached hydrogens (tertiary/aromatic N) is 1. The summed E-state index contributed by atoms with van der Waals surface area (Å²) in [6, 6.07) is 15.0. The molecular weight excluding hydrogens is 384 g/mol. The zero-order valence-corrected chi connectivity index (χ0v) is 14.9. The molecule has 1 aliphatic rings. The number of thioether (sulfide) groups is 1. The van der Waals surface area contributed by atoms with Gasteiger partial charge in [0.15, 0.2) is 5.17 Å². The van der Waals surface area contributed by atoms with Crippen LogP contribution in [0.5, 0.6) is 0 Å². The highest BCUT2D eigenvalue weighted by atomic mass is 79.9. The van der Waals surface area contributed by atoms with Gasteiger partial charge in [0.2, 0.25) is 0 Å². The number of fused-ring (bicyclic) bond motifs is 1. The van der Waals surface area contributed by atoms with Gasteiger partial charge >= 0.3 is 0 Å². The number of hydrogen-bond donors (Lipinski definition) is 1. The number of amidine groups is 1. The van der Waals surface area contributed by atoms with Gasteiger partial charge in [0.1, 0.15) is 4.90 Å². The Hall–Kier alpha value is -1.31. The molecule has 0 amide bonds. The average Bonchev–Trinajstić information content (AvgIpc) is 2.48. The first-order chi connectivity index (χ1) is 10.5. The Labute approximate surface area is 142 Å². The molecule has 1 aliphatic heterocycles. The number of nitrogens with one attached hydrogen (secondary N) is 1. The van der Waals surface area contributed by atoms with Gasteiger partial charge in [-0.05, 0) is 30.7 Å². The van der Waals surface area contributed by atoms with E-state index in [1.807, 2.05) is 37.3 Å². The molecule has 0 saturated heterocycles. The van der Waals surface area contributed by atoms with E-state index in [9.17, 15) is 8.42 Å². The van der Waals surface area contributed by atoms with Crippen LogP contribution in [0.3, 0.4) is 0 Å². The maximum atomic E-state index is 12.3. The van der Waals surface area contributed by atoms with Crippen LogP contribution in [-0.2, 0) is 10.0 Å². The van der Waals surface area contributed by atoms with Gasteiger partial charge in [-0.2, -0.15) is 8.42 Å². The molecule has 0 radical (unpaired) electrons. The molecule has 4 nitrogen and oxygen atoms in total. The Morgan fingerprint density at radius 2 is 1.91 bits per heavy atom. The maximum Gasteiger partial charge on any atom is 0.286 e. The van der Waals surface area contributed by atoms with E-state index in [2.05, 4.69) is 25.6 Å². The smallest absolute Gasteiger partial charge is 0.286 e. The van der Waals surface area contributed by atoms with Crippen molar-refractivity contribution in [1.29, 1.82) is 0 Å². The maximum absolute atomic E-state index is 12.3. The van der Waals surface area contributed by atoms with Gasteiger partial charge in [-0.15, -0.1) is 4.40 Å². The fraction of sp³-hybridized carbons (Fsp3) is 0.133. The lowest BCUT2D eigenvalue weighted by atomic mass is 10.2. The molecule has 0 bridgehead atoms. The number of hydrogen-bond acceptors (Lipinski definition) is 4. The second-order valence-electron chi connectivity index (χ2n) is 4.81. The second-order valence-corrected chi connectivity index (χ2v) is 8.63. The Bertz CT molecular complexity index is 836. The Morgan fingerprint density at radius 1 is 1.18 bits per heavy atom. The number of halogens is 1. The van der Waals surface area contributed by atoms with E-state index >= 15 is 0 Å². The summed E-state index contributed by atoms with van der Waals surface area (Å²) < 4.78 is 29.2. The standard InChI is InChI=1S/C15H13BrN2O2S2/c1-10(11-5-3-2-4-6-11)21-15-17-13-8-7-12(16)9-14(13)22(19,20)18-15/h2-10H,1H3,(H,17,18). The molecule has 3 rings (SSSR count). The summed E-state index contributed by atoms with van der Waals surface area (Å²) in [7, 11) is -3.67. The fourth-order valence-corrected chi connectivity index (χ4v) is 4.93. The van der Waals surface area contributed by atoms with E-state index in [0.29, 0.717) is 15.3 Å². The molecule has 0 spiro atoms. The third kappa shape index (κ3) is 3.21. The quantitative estimate of drug-likeness (QED) is 0.816. The summed E-state index contributed by atoms with van der Waals surface area (Å²) >= 11 is 4.67. The van der Waals surface area contributed by atoms with Crippen molar-refractivity contribution in [2.24, 2.45) is 4.40 Å². The molecule has 7 heteroatoms. The van der Waals surface area contributed by atoms with Crippen LogP contribution in [0.25, 0.3) is 0 Å². The predicted molar refractivity (Wildman–Crippen MR) is 94.8 cm³/mol. The zero-order chi connectivity index (χ0) is 15.7. The van der Waals surface area contributed by atoms with Crippen molar-refractivity contribution < 1.29 is 8.42 Å². The van der Waals surface area contributed by atoms with Gasteiger partial charge < -0.3 is 5.32 Å². The summed E-state index contributed by atoms with van der Waals surface area (Å²) in [5.41, 5.74) is 1.68. The number of anilines is 1. The van der Waals surface area contributed by atoms with Gasteiger partial charge in [0.25, 0.3) is 10.0 Å². The Morgan fingerprint density at radius 3 is 2.64 bits per heavy atom. The minimum Gasteiger partial charge on any atom is -0.333 e. The molecule has 114 valence electrons. The van der Waals surface area contributed by atoms with Crippen LogP contribution in [0.15, 0.2) is 62.3 Å². The van der Waals surface area contributed by atoms with Gasteiger partial charge in [-0.25, -0.2) is 0 Å². The van der Waals surface area contributed by atoms with Crippen molar-refractivity contribution in [2.75, 3.05) is 5.32 Å². The first-order valence-corrected chi connectivity index (χ1v) is 9.70. The Balaban J connectivity index is 1.89. The summed E-state index contributed by atoms with van der Waals surface area (Å²) in [6.07, 6.45) is 0. The predicted octanol–water partition coefficient (Wildman–Crippen LogP) is 4.41. The fourth-order valence-electron chi connectivity index (χ4n) is 2.12. The first-order valence-electron chi connectivity index (χ1n) is 6.59. The molecule has 2 aromatic rings. The monoisotopic (exact) mass is 396 g/mol. The van der Waals surface area contributed by atoms with Crippen LogP contribution in [0.2, 0.25) is 0 Å². The molecule has 0 saturated carbocycles. The van der Waals surface area contributed by atoms with Crippen LogP contribution in [-0.4, -0.2) is 13.6 Å². The summed E-state index contributed by atoms with van der Waals surface area (Å²) in [5, 5.41) is 3.58. The molecule has 0 fully saturated rings. The molecule has 22 heavy (non-hydrogen) atoms. The Kier molecular flexibility index (Phi) is 4.29. The third-order valence-corrected chi connectivity index (χ3v) is 6.19. The van der Waals surface area contributed by atoms with Crippen molar-refractivity contribution in [3.8, 4) is 0 Å². The highest BCUT2D eigenvalue weighted by Crippen LogP contribution is 2.36. The largest absolute Gasteiger partial charge is 0.333 e. The molecule has 1 atom stereocenters.